The molecule has 12 aromatic rings. The van der Waals surface area contributed by atoms with Crippen LogP contribution in [0.4, 0.5) is 0 Å². The highest BCUT2D eigenvalue weighted by atomic mass is 32.1. The number of rotatable bonds is 5. The Hall–Kier alpha value is -7.54. The molecule has 0 amide bonds. The third-order valence-electron chi connectivity index (χ3n) is 11.2. The van der Waals surface area contributed by atoms with Gasteiger partial charge in [0.25, 0.3) is 0 Å². The Balaban J connectivity index is 1.04. The van der Waals surface area contributed by atoms with Crippen LogP contribution in [0.2, 0.25) is 0 Å². The van der Waals surface area contributed by atoms with Gasteiger partial charge in [0.05, 0.1) is 21.4 Å². The van der Waals surface area contributed by atoms with Crippen molar-refractivity contribution in [2.45, 2.75) is 0 Å². The van der Waals surface area contributed by atoms with Crippen LogP contribution < -0.4 is 0 Å². The lowest BCUT2D eigenvalue weighted by molar-refractivity contribution is 1.07. The van der Waals surface area contributed by atoms with E-state index in [1.54, 1.807) is 0 Å². The van der Waals surface area contributed by atoms with Crippen LogP contribution in [0.25, 0.3) is 115 Å². The van der Waals surface area contributed by atoms with Crippen molar-refractivity contribution in [2.75, 3.05) is 0 Å². The average molecular weight is 758 g/mol. The normalized spacial score (nSPS) is 11.8. The van der Waals surface area contributed by atoms with E-state index < -0.39 is 0 Å². The van der Waals surface area contributed by atoms with Crippen LogP contribution in [-0.2, 0) is 0 Å². The second-order valence-corrected chi connectivity index (χ2v) is 15.7. The number of hydrogen-bond acceptors (Lipinski definition) is 5. The van der Waals surface area contributed by atoms with E-state index in [2.05, 4.69) is 193 Å². The van der Waals surface area contributed by atoms with Gasteiger partial charge in [-0.2, -0.15) is 0 Å². The van der Waals surface area contributed by atoms with Crippen LogP contribution >= 0.6 is 11.3 Å². The molecule has 0 aliphatic heterocycles. The molecule has 6 heteroatoms. The Bertz CT molecular complexity index is 3470. The fraction of sp³-hybridized carbons (Fsp3) is 0. The van der Waals surface area contributed by atoms with Gasteiger partial charge in [-0.25, -0.2) is 19.9 Å². The highest BCUT2D eigenvalue weighted by molar-refractivity contribution is 7.26. The highest BCUT2D eigenvalue weighted by Gasteiger charge is 2.23. The van der Waals surface area contributed by atoms with Gasteiger partial charge in [-0.05, 0) is 70.1 Å². The van der Waals surface area contributed by atoms with E-state index in [1.807, 2.05) is 11.3 Å². The van der Waals surface area contributed by atoms with Crippen molar-refractivity contribution in [3.63, 3.8) is 0 Å². The molecule has 270 valence electrons. The summed E-state index contributed by atoms with van der Waals surface area (Å²) >= 11 is 1.81. The van der Waals surface area contributed by atoms with Gasteiger partial charge in [0, 0.05) is 49.5 Å². The number of thiophene rings is 1. The van der Waals surface area contributed by atoms with E-state index in [-0.39, 0.29) is 0 Å². The fourth-order valence-electron chi connectivity index (χ4n) is 8.42. The summed E-state index contributed by atoms with van der Waals surface area (Å²) in [7, 11) is 0. The Labute approximate surface area is 337 Å². The number of para-hydroxylation sites is 2. The van der Waals surface area contributed by atoms with Gasteiger partial charge >= 0.3 is 0 Å². The Morgan fingerprint density at radius 3 is 1.59 bits per heavy atom. The average Bonchev–Trinajstić information content (AvgIpc) is 3.84. The monoisotopic (exact) mass is 757 g/mol. The minimum Gasteiger partial charge on any atom is -0.301 e. The first kappa shape index (κ1) is 32.7. The van der Waals surface area contributed by atoms with Crippen molar-refractivity contribution in [1.29, 1.82) is 0 Å². The van der Waals surface area contributed by atoms with Crippen molar-refractivity contribution in [2.24, 2.45) is 0 Å². The number of nitrogens with zero attached hydrogens (tertiary/aromatic N) is 5. The molecule has 0 radical (unpaired) electrons. The van der Waals surface area contributed by atoms with E-state index in [1.165, 1.54) is 41.8 Å². The predicted octanol–water partition coefficient (Wildman–Crippen LogP) is 13.7. The summed E-state index contributed by atoms with van der Waals surface area (Å²) in [4.78, 5) is 21.8. The number of fused-ring (bicyclic) bond motifs is 9. The van der Waals surface area contributed by atoms with Crippen molar-refractivity contribution in [1.82, 2.24) is 24.5 Å². The smallest absolute Gasteiger partial charge is 0.164 e. The number of aromatic nitrogens is 5. The molecule has 58 heavy (non-hydrogen) atoms. The maximum absolute atomic E-state index is 5.25. The van der Waals surface area contributed by atoms with Crippen LogP contribution in [0, 0.1) is 0 Å². The molecule has 0 fully saturated rings. The maximum atomic E-state index is 5.25. The first-order valence-electron chi connectivity index (χ1n) is 19.4. The van der Waals surface area contributed by atoms with Crippen molar-refractivity contribution in [3.05, 3.63) is 188 Å². The molecular weight excluding hydrogens is 727 g/mol. The quantitative estimate of drug-likeness (QED) is 0.175. The summed E-state index contributed by atoms with van der Waals surface area (Å²) in [6.45, 7) is 0. The molecule has 0 bridgehead atoms. The predicted molar refractivity (Wildman–Crippen MR) is 242 cm³/mol. The third kappa shape index (κ3) is 5.23. The summed E-state index contributed by atoms with van der Waals surface area (Å²) in [5.74, 6) is 1.91. The van der Waals surface area contributed by atoms with Gasteiger partial charge < -0.3 is 4.57 Å². The molecule has 0 aliphatic carbocycles. The topological polar surface area (TPSA) is 56.5 Å². The second kappa shape index (κ2) is 13.0. The summed E-state index contributed by atoms with van der Waals surface area (Å²) in [5, 5.41) is 9.54. The fourth-order valence-corrected chi connectivity index (χ4v) is 9.80. The largest absolute Gasteiger partial charge is 0.301 e. The van der Waals surface area contributed by atoms with Crippen LogP contribution in [0.3, 0.4) is 0 Å². The highest BCUT2D eigenvalue weighted by Crippen LogP contribution is 2.47. The molecule has 0 spiro atoms. The van der Waals surface area contributed by atoms with Gasteiger partial charge in [-0.1, -0.05) is 140 Å². The second-order valence-electron chi connectivity index (χ2n) is 14.7. The lowest BCUT2D eigenvalue weighted by Crippen LogP contribution is -2.00. The first-order valence-corrected chi connectivity index (χ1v) is 20.2. The van der Waals surface area contributed by atoms with E-state index in [0.29, 0.717) is 17.5 Å². The molecule has 12 rings (SSSR count). The zero-order valence-corrected chi connectivity index (χ0v) is 31.9. The molecule has 8 aromatic carbocycles. The van der Waals surface area contributed by atoms with Crippen LogP contribution in [-0.4, -0.2) is 24.5 Å². The molecule has 0 aliphatic rings. The van der Waals surface area contributed by atoms with Crippen molar-refractivity contribution >= 4 is 75.0 Å². The molecule has 0 unspecified atom stereocenters. The number of pyridine rings is 1. The Morgan fingerprint density at radius 2 is 0.914 bits per heavy atom. The lowest BCUT2D eigenvalue weighted by Gasteiger charge is -2.11. The Morgan fingerprint density at radius 1 is 0.379 bits per heavy atom. The van der Waals surface area contributed by atoms with Gasteiger partial charge in [0.1, 0.15) is 4.83 Å². The van der Waals surface area contributed by atoms with E-state index >= 15 is 0 Å². The van der Waals surface area contributed by atoms with Crippen molar-refractivity contribution < 1.29 is 0 Å². The summed E-state index contributed by atoms with van der Waals surface area (Å²) in [6, 6.07) is 66.0. The SMILES string of the molecule is c1ccc(-c2nc3ccccc3c3c2sc2c3c3ccccc3n2-c2ccc(-c3nc(-c4ccc5ccccc5c4)nc(-c4ccc5ccccc5c4)n3)cc2)cc1. The summed E-state index contributed by atoms with van der Waals surface area (Å²) < 4.78 is 3.59. The minimum absolute atomic E-state index is 0.627. The number of benzene rings is 8. The number of hydrogen-bond donors (Lipinski definition) is 0. The third-order valence-corrected chi connectivity index (χ3v) is 12.4. The van der Waals surface area contributed by atoms with Crippen LogP contribution in [0.15, 0.2) is 188 Å². The van der Waals surface area contributed by atoms with Gasteiger partial charge in [-0.15, -0.1) is 11.3 Å². The van der Waals surface area contributed by atoms with E-state index in [4.69, 9.17) is 19.9 Å². The summed E-state index contributed by atoms with van der Waals surface area (Å²) in [5.41, 5.74) is 8.18. The van der Waals surface area contributed by atoms with Crippen LogP contribution in [0.5, 0.6) is 0 Å². The van der Waals surface area contributed by atoms with E-state index in [0.717, 1.165) is 55.4 Å². The molecular formula is C52H31N5S. The molecule has 5 nitrogen and oxygen atoms in total. The molecule has 0 saturated carbocycles. The molecule has 0 N–H and O–H groups in total. The van der Waals surface area contributed by atoms with Crippen LogP contribution in [0.1, 0.15) is 0 Å². The zero-order chi connectivity index (χ0) is 38.2. The molecule has 4 heterocycles. The standard InChI is InChI=1S/C52H31N5S/c1-2-14-34(15-3-1)47-48-45(41-18-8-10-20-43(41)53-47)46-42-19-9-11-21-44(42)57(52(46)58-48)40-28-26-35(27-29-40)49-54-50(38-24-22-32-12-4-6-16-36(32)30-38)56-51(55-49)39-25-23-33-13-5-7-17-37(33)31-39/h1-31H. The Kier molecular flexibility index (Phi) is 7.33. The minimum atomic E-state index is 0.627. The van der Waals surface area contributed by atoms with Gasteiger partial charge in [-0.3, -0.25) is 0 Å². The first-order chi connectivity index (χ1) is 28.7. The molecule has 0 saturated heterocycles. The van der Waals surface area contributed by atoms with Crippen molar-refractivity contribution in [3.8, 4) is 51.1 Å². The van der Waals surface area contributed by atoms with Gasteiger partial charge in [0.2, 0.25) is 0 Å². The molecule has 0 atom stereocenters. The summed E-state index contributed by atoms with van der Waals surface area (Å²) in [6.07, 6.45) is 0. The van der Waals surface area contributed by atoms with Gasteiger partial charge in [0.15, 0.2) is 17.5 Å². The van der Waals surface area contributed by atoms with E-state index in [9.17, 15) is 0 Å². The zero-order valence-electron chi connectivity index (χ0n) is 31.0. The lowest BCUT2D eigenvalue weighted by atomic mass is 10.0. The molecule has 4 aromatic heterocycles. The maximum Gasteiger partial charge on any atom is 0.164 e.